The van der Waals surface area contributed by atoms with Crippen LogP contribution in [-0.2, 0) is 19.1 Å². The monoisotopic (exact) mass is 245 g/mol. The Morgan fingerprint density at radius 2 is 1.82 bits per heavy atom. The van der Waals surface area contributed by atoms with Gasteiger partial charge in [-0.3, -0.25) is 14.4 Å². The molecule has 17 heavy (non-hydrogen) atoms. The topological polar surface area (TPSA) is 83.9 Å². The molecule has 0 aliphatic rings. The van der Waals surface area contributed by atoms with Crippen LogP contribution in [0.3, 0.4) is 0 Å². The second kappa shape index (κ2) is 8.55. The van der Waals surface area contributed by atoms with Gasteiger partial charge in [0.1, 0.15) is 6.54 Å². The first-order valence-electron chi connectivity index (χ1n) is 5.66. The number of esters is 1. The van der Waals surface area contributed by atoms with Crippen molar-refractivity contribution in [2.45, 2.75) is 33.1 Å². The van der Waals surface area contributed by atoms with E-state index < -0.39 is 11.9 Å². The molecule has 0 radical (unpaired) electrons. The number of carboxylic acids is 1. The highest BCUT2D eigenvalue weighted by Gasteiger charge is 2.17. The van der Waals surface area contributed by atoms with E-state index >= 15 is 0 Å². The van der Waals surface area contributed by atoms with Gasteiger partial charge < -0.3 is 14.7 Å². The molecule has 0 aromatic rings. The first-order valence-corrected chi connectivity index (χ1v) is 5.66. The maximum Gasteiger partial charge on any atom is 0.325 e. The van der Waals surface area contributed by atoms with Gasteiger partial charge in [-0.1, -0.05) is 6.92 Å². The molecule has 0 heterocycles. The van der Waals surface area contributed by atoms with Gasteiger partial charge in [0.15, 0.2) is 0 Å². The van der Waals surface area contributed by atoms with Crippen LogP contribution in [0, 0.1) is 0 Å². The average molecular weight is 245 g/mol. The van der Waals surface area contributed by atoms with E-state index in [1.54, 1.807) is 6.92 Å². The number of carbonyl (C=O) groups is 3. The SMILES string of the molecule is CCCN(CC(=O)OCC)C(=O)CCC(=O)O. The maximum absolute atomic E-state index is 11.6. The van der Waals surface area contributed by atoms with Gasteiger partial charge in [-0.25, -0.2) is 0 Å². The van der Waals surface area contributed by atoms with Crippen molar-refractivity contribution in [3.63, 3.8) is 0 Å². The summed E-state index contributed by atoms with van der Waals surface area (Å²) in [5, 5.41) is 8.48. The van der Waals surface area contributed by atoms with Gasteiger partial charge >= 0.3 is 11.9 Å². The van der Waals surface area contributed by atoms with Gasteiger partial charge in [-0.05, 0) is 13.3 Å². The van der Waals surface area contributed by atoms with Crippen LogP contribution in [0.2, 0.25) is 0 Å². The highest BCUT2D eigenvalue weighted by atomic mass is 16.5. The van der Waals surface area contributed by atoms with E-state index in [4.69, 9.17) is 9.84 Å². The second-order valence-corrected chi connectivity index (χ2v) is 3.51. The Bertz CT molecular complexity index is 277. The number of ether oxygens (including phenoxy) is 1. The quantitative estimate of drug-likeness (QED) is 0.635. The van der Waals surface area contributed by atoms with Gasteiger partial charge in [0.2, 0.25) is 5.91 Å². The molecule has 0 unspecified atom stereocenters. The van der Waals surface area contributed by atoms with Gasteiger partial charge in [-0.15, -0.1) is 0 Å². The third kappa shape index (κ3) is 7.32. The summed E-state index contributed by atoms with van der Waals surface area (Å²) in [6.45, 7) is 4.15. The van der Waals surface area contributed by atoms with E-state index in [2.05, 4.69) is 0 Å². The van der Waals surface area contributed by atoms with Crippen LogP contribution in [0.25, 0.3) is 0 Å². The molecule has 0 aromatic heterocycles. The van der Waals surface area contributed by atoms with Gasteiger partial charge in [-0.2, -0.15) is 0 Å². The summed E-state index contributed by atoms with van der Waals surface area (Å²) >= 11 is 0. The molecule has 0 aliphatic carbocycles. The molecule has 0 bridgehead atoms. The van der Waals surface area contributed by atoms with E-state index in [0.29, 0.717) is 13.0 Å². The minimum Gasteiger partial charge on any atom is -0.481 e. The molecule has 0 rings (SSSR count). The molecule has 1 amide bonds. The summed E-state index contributed by atoms with van der Waals surface area (Å²) in [6, 6.07) is 0. The highest BCUT2D eigenvalue weighted by molar-refractivity contribution is 5.84. The fourth-order valence-corrected chi connectivity index (χ4v) is 1.30. The molecular formula is C11H19NO5. The zero-order chi connectivity index (χ0) is 13.3. The molecule has 0 fully saturated rings. The normalized spacial score (nSPS) is 9.76. The summed E-state index contributed by atoms with van der Waals surface area (Å²) in [6.07, 6.45) is 0.398. The number of hydrogen-bond donors (Lipinski definition) is 1. The van der Waals surface area contributed by atoms with Crippen molar-refractivity contribution in [1.82, 2.24) is 4.90 Å². The minimum absolute atomic E-state index is 0.0886. The van der Waals surface area contributed by atoms with Crippen molar-refractivity contribution in [2.75, 3.05) is 19.7 Å². The number of nitrogens with zero attached hydrogens (tertiary/aromatic N) is 1. The Hall–Kier alpha value is -1.59. The maximum atomic E-state index is 11.6. The van der Waals surface area contributed by atoms with E-state index in [9.17, 15) is 14.4 Å². The summed E-state index contributed by atoms with van der Waals surface area (Å²) in [5.41, 5.74) is 0. The Balaban J connectivity index is 4.24. The number of rotatable bonds is 8. The smallest absolute Gasteiger partial charge is 0.325 e. The van der Waals surface area contributed by atoms with Crippen molar-refractivity contribution in [2.24, 2.45) is 0 Å². The van der Waals surface area contributed by atoms with Gasteiger partial charge in [0.25, 0.3) is 0 Å². The predicted octanol–water partition coefficient (Wildman–Crippen LogP) is 0.653. The first kappa shape index (κ1) is 15.4. The summed E-state index contributed by atoms with van der Waals surface area (Å²) in [4.78, 5) is 34.6. The Morgan fingerprint density at radius 1 is 1.18 bits per heavy atom. The molecule has 0 saturated heterocycles. The lowest BCUT2D eigenvalue weighted by Crippen LogP contribution is -2.37. The number of carbonyl (C=O) groups excluding carboxylic acids is 2. The van der Waals surface area contributed by atoms with Crippen molar-refractivity contribution in [3.05, 3.63) is 0 Å². The van der Waals surface area contributed by atoms with Crippen LogP contribution in [0.4, 0.5) is 0 Å². The third-order valence-corrected chi connectivity index (χ3v) is 2.02. The van der Waals surface area contributed by atoms with Crippen LogP contribution in [0.1, 0.15) is 33.1 Å². The zero-order valence-electron chi connectivity index (χ0n) is 10.3. The fourth-order valence-electron chi connectivity index (χ4n) is 1.30. The Labute approximate surface area is 101 Å². The minimum atomic E-state index is -1.02. The number of aliphatic carboxylic acids is 1. The van der Waals surface area contributed by atoms with Crippen molar-refractivity contribution >= 4 is 17.8 Å². The zero-order valence-corrected chi connectivity index (χ0v) is 10.3. The lowest BCUT2D eigenvalue weighted by atomic mass is 10.2. The third-order valence-electron chi connectivity index (χ3n) is 2.02. The number of hydrogen-bond acceptors (Lipinski definition) is 4. The molecule has 6 nitrogen and oxygen atoms in total. The molecule has 98 valence electrons. The van der Waals surface area contributed by atoms with Crippen molar-refractivity contribution < 1.29 is 24.2 Å². The van der Waals surface area contributed by atoms with Crippen LogP contribution < -0.4 is 0 Å². The van der Waals surface area contributed by atoms with Crippen molar-refractivity contribution in [1.29, 1.82) is 0 Å². The predicted molar refractivity (Wildman–Crippen MR) is 60.4 cm³/mol. The van der Waals surface area contributed by atoms with Crippen LogP contribution in [0.15, 0.2) is 0 Å². The van der Waals surface area contributed by atoms with E-state index in [1.165, 1.54) is 4.90 Å². The molecular weight excluding hydrogens is 226 g/mol. The lowest BCUT2D eigenvalue weighted by molar-refractivity contribution is -0.149. The molecule has 0 saturated carbocycles. The van der Waals surface area contributed by atoms with E-state index in [0.717, 1.165) is 0 Å². The van der Waals surface area contributed by atoms with Gasteiger partial charge in [0, 0.05) is 13.0 Å². The Kier molecular flexibility index (Phi) is 7.75. The number of carboxylic acid groups (broad SMARTS) is 1. The van der Waals surface area contributed by atoms with Crippen LogP contribution in [-0.4, -0.2) is 47.5 Å². The summed E-state index contributed by atoms with van der Waals surface area (Å²) in [5.74, 6) is -1.82. The second-order valence-electron chi connectivity index (χ2n) is 3.51. The lowest BCUT2D eigenvalue weighted by Gasteiger charge is -2.20. The Morgan fingerprint density at radius 3 is 2.29 bits per heavy atom. The number of amides is 1. The van der Waals surface area contributed by atoms with E-state index in [-0.39, 0.29) is 31.9 Å². The van der Waals surface area contributed by atoms with E-state index in [1.807, 2.05) is 6.92 Å². The molecule has 0 aliphatic heterocycles. The molecule has 1 N–H and O–H groups in total. The molecule has 0 aromatic carbocycles. The molecule has 0 atom stereocenters. The van der Waals surface area contributed by atoms with Crippen LogP contribution in [0.5, 0.6) is 0 Å². The average Bonchev–Trinajstić information content (AvgIpc) is 2.25. The standard InChI is InChI=1S/C11H19NO5/c1-3-7-12(8-11(16)17-4-2)9(13)5-6-10(14)15/h3-8H2,1-2H3,(H,14,15). The molecule has 6 heteroatoms. The van der Waals surface area contributed by atoms with Gasteiger partial charge in [0.05, 0.1) is 13.0 Å². The fraction of sp³-hybridized carbons (Fsp3) is 0.727. The molecule has 0 spiro atoms. The van der Waals surface area contributed by atoms with Crippen LogP contribution >= 0.6 is 0 Å². The van der Waals surface area contributed by atoms with Crippen molar-refractivity contribution in [3.8, 4) is 0 Å². The summed E-state index contributed by atoms with van der Waals surface area (Å²) < 4.78 is 4.75. The first-order chi connectivity index (χ1) is 8.01. The summed E-state index contributed by atoms with van der Waals surface area (Å²) in [7, 11) is 0. The largest absolute Gasteiger partial charge is 0.481 e. The highest BCUT2D eigenvalue weighted by Crippen LogP contribution is 2.00.